The van der Waals surface area contributed by atoms with E-state index in [0.29, 0.717) is 20.5 Å². The monoisotopic (exact) mass is 311 g/mol. The summed E-state index contributed by atoms with van der Waals surface area (Å²) in [6.45, 7) is 0.0745. The maximum atomic E-state index is 13.6. The molecule has 0 aliphatic carbocycles. The first kappa shape index (κ1) is 14.2. The highest BCUT2D eigenvalue weighted by molar-refractivity contribution is 7.20. The maximum Gasteiger partial charge on any atom is 0.348 e. The van der Waals surface area contributed by atoms with E-state index in [-0.39, 0.29) is 12.4 Å². The number of hydrogen-bond donors (Lipinski definition) is 0. The molecule has 0 saturated heterocycles. The summed E-state index contributed by atoms with van der Waals surface area (Å²) in [5.41, 5.74) is 1.25. The van der Waals surface area contributed by atoms with Gasteiger partial charge in [-0.05, 0) is 35.9 Å². The minimum Gasteiger partial charge on any atom is -0.457 e. The molecule has 1 aromatic heterocycles. The van der Waals surface area contributed by atoms with Crippen molar-refractivity contribution in [1.29, 1.82) is 5.26 Å². The third-order valence-corrected chi connectivity index (χ3v) is 4.22. The Kier molecular flexibility index (Phi) is 3.86. The minimum atomic E-state index is -0.497. The number of nitrogens with zero attached hydrogens (tertiary/aromatic N) is 1. The standard InChI is InChI=1S/C17H10FNO2S/c18-14-5-2-6-15-13(14)8-16(22-15)17(20)21-10-12-4-1-3-11(7-12)9-19/h1-8H,10H2. The normalized spacial score (nSPS) is 10.4. The Morgan fingerprint density at radius 2 is 2.05 bits per heavy atom. The predicted molar refractivity (Wildman–Crippen MR) is 82.1 cm³/mol. The Hall–Kier alpha value is -2.71. The molecule has 0 unspecified atom stereocenters. The maximum absolute atomic E-state index is 13.6. The quantitative estimate of drug-likeness (QED) is 0.679. The number of thiophene rings is 1. The van der Waals surface area contributed by atoms with Crippen molar-refractivity contribution in [2.45, 2.75) is 6.61 Å². The summed E-state index contributed by atoms with van der Waals surface area (Å²) in [4.78, 5) is 12.4. The zero-order valence-corrected chi connectivity index (χ0v) is 12.2. The summed E-state index contributed by atoms with van der Waals surface area (Å²) < 4.78 is 19.6. The fourth-order valence-corrected chi connectivity index (χ4v) is 3.05. The molecule has 2 aromatic carbocycles. The number of ether oxygens (including phenoxy) is 1. The molecule has 3 nitrogen and oxygen atoms in total. The molecule has 1 heterocycles. The number of nitriles is 1. The SMILES string of the molecule is N#Cc1cccc(COC(=O)c2cc3c(F)cccc3s2)c1. The summed E-state index contributed by atoms with van der Waals surface area (Å²) in [5, 5.41) is 9.25. The molecule has 22 heavy (non-hydrogen) atoms. The molecule has 0 fully saturated rings. The number of halogens is 1. The average molecular weight is 311 g/mol. The largest absolute Gasteiger partial charge is 0.457 e. The van der Waals surface area contributed by atoms with E-state index < -0.39 is 5.97 Å². The number of esters is 1. The van der Waals surface area contributed by atoms with Crippen LogP contribution in [0.5, 0.6) is 0 Å². The first-order valence-corrected chi connectivity index (χ1v) is 7.33. The van der Waals surface area contributed by atoms with Gasteiger partial charge in [-0.3, -0.25) is 0 Å². The van der Waals surface area contributed by atoms with Crippen LogP contribution >= 0.6 is 11.3 Å². The van der Waals surface area contributed by atoms with Crippen molar-refractivity contribution in [3.63, 3.8) is 0 Å². The van der Waals surface area contributed by atoms with Gasteiger partial charge >= 0.3 is 5.97 Å². The second-order valence-corrected chi connectivity index (χ2v) is 5.73. The minimum absolute atomic E-state index is 0.0745. The summed E-state index contributed by atoms with van der Waals surface area (Å²) in [6.07, 6.45) is 0. The molecular weight excluding hydrogens is 301 g/mol. The van der Waals surface area contributed by atoms with Gasteiger partial charge in [0.25, 0.3) is 0 Å². The molecule has 0 bridgehead atoms. The van der Waals surface area contributed by atoms with E-state index in [4.69, 9.17) is 10.00 Å². The first-order valence-electron chi connectivity index (χ1n) is 6.51. The van der Waals surface area contributed by atoms with E-state index in [2.05, 4.69) is 0 Å². The van der Waals surface area contributed by atoms with Gasteiger partial charge in [-0.15, -0.1) is 11.3 Å². The Morgan fingerprint density at radius 1 is 1.23 bits per heavy atom. The van der Waals surface area contributed by atoms with Gasteiger partial charge in [0.2, 0.25) is 0 Å². The van der Waals surface area contributed by atoms with Crippen LogP contribution in [0.1, 0.15) is 20.8 Å². The van der Waals surface area contributed by atoms with Gasteiger partial charge in [-0.2, -0.15) is 5.26 Å². The van der Waals surface area contributed by atoms with Crippen molar-refractivity contribution in [2.24, 2.45) is 0 Å². The first-order chi connectivity index (χ1) is 10.7. The van der Waals surface area contributed by atoms with Crippen LogP contribution in [0.15, 0.2) is 48.5 Å². The predicted octanol–water partition coefficient (Wildman–Crippen LogP) is 4.27. The van der Waals surface area contributed by atoms with Gasteiger partial charge in [-0.1, -0.05) is 18.2 Å². The molecule has 108 valence electrons. The van der Waals surface area contributed by atoms with Gasteiger partial charge in [0.05, 0.1) is 11.6 Å². The van der Waals surface area contributed by atoms with Crippen molar-refractivity contribution in [1.82, 2.24) is 0 Å². The molecule has 0 atom stereocenters. The number of hydrogen-bond acceptors (Lipinski definition) is 4. The van der Waals surface area contributed by atoms with Gasteiger partial charge in [0, 0.05) is 10.1 Å². The van der Waals surface area contributed by atoms with Gasteiger partial charge in [0.1, 0.15) is 17.3 Å². The fraction of sp³-hybridized carbons (Fsp3) is 0.0588. The zero-order chi connectivity index (χ0) is 15.5. The third kappa shape index (κ3) is 2.83. The van der Waals surface area contributed by atoms with Crippen LogP contribution in [0.4, 0.5) is 4.39 Å². The highest BCUT2D eigenvalue weighted by Gasteiger charge is 2.13. The topological polar surface area (TPSA) is 50.1 Å². The van der Waals surface area contributed by atoms with Crippen molar-refractivity contribution in [3.05, 3.63) is 70.4 Å². The summed E-state index contributed by atoms with van der Waals surface area (Å²) in [6, 6.07) is 15.1. The van der Waals surface area contributed by atoms with Crippen molar-refractivity contribution in [2.75, 3.05) is 0 Å². The van der Waals surface area contributed by atoms with E-state index >= 15 is 0 Å². The van der Waals surface area contributed by atoms with Gasteiger partial charge in [0.15, 0.2) is 0 Å². The molecule has 0 amide bonds. The fourth-order valence-electron chi connectivity index (χ4n) is 2.08. The lowest BCUT2D eigenvalue weighted by atomic mass is 10.1. The van der Waals surface area contributed by atoms with E-state index in [0.717, 1.165) is 5.56 Å². The second kappa shape index (κ2) is 5.96. The molecule has 0 saturated carbocycles. The lowest BCUT2D eigenvalue weighted by molar-refractivity contribution is 0.0478. The van der Waals surface area contributed by atoms with Crippen molar-refractivity contribution in [3.8, 4) is 6.07 Å². The Bertz CT molecular complexity index is 895. The number of benzene rings is 2. The number of carbonyl (C=O) groups is 1. The van der Waals surface area contributed by atoms with Gasteiger partial charge in [-0.25, -0.2) is 9.18 Å². The molecule has 0 spiro atoms. The molecular formula is C17H10FNO2S. The van der Waals surface area contributed by atoms with Crippen LogP contribution in [0.25, 0.3) is 10.1 Å². The molecule has 3 rings (SSSR count). The van der Waals surface area contributed by atoms with Crippen molar-refractivity contribution < 1.29 is 13.9 Å². The molecule has 0 aliphatic rings. The van der Waals surface area contributed by atoms with E-state index in [1.807, 2.05) is 6.07 Å². The number of carbonyl (C=O) groups excluding carboxylic acids is 1. The Labute approximate surface area is 130 Å². The van der Waals surface area contributed by atoms with Crippen LogP contribution in [0.3, 0.4) is 0 Å². The van der Waals surface area contributed by atoms with E-state index in [9.17, 15) is 9.18 Å². The third-order valence-electron chi connectivity index (χ3n) is 3.14. The lowest BCUT2D eigenvalue weighted by Gasteiger charge is -2.03. The summed E-state index contributed by atoms with van der Waals surface area (Å²) in [7, 11) is 0. The number of rotatable bonds is 3. The van der Waals surface area contributed by atoms with E-state index in [1.54, 1.807) is 36.4 Å². The average Bonchev–Trinajstić information content (AvgIpc) is 2.98. The zero-order valence-electron chi connectivity index (χ0n) is 11.4. The van der Waals surface area contributed by atoms with Crippen LogP contribution in [-0.2, 0) is 11.3 Å². The highest BCUT2D eigenvalue weighted by atomic mass is 32.1. The van der Waals surface area contributed by atoms with Gasteiger partial charge < -0.3 is 4.74 Å². The van der Waals surface area contributed by atoms with Crippen LogP contribution in [-0.4, -0.2) is 5.97 Å². The molecule has 5 heteroatoms. The van der Waals surface area contributed by atoms with Crippen LogP contribution in [0.2, 0.25) is 0 Å². The number of fused-ring (bicyclic) bond motifs is 1. The second-order valence-electron chi connectivity index (χ2n) is 4.65. The van der Waals surface area contributed by atoms with E-state index in [1.165, 1.54) is 23.5 Å². The lowest BCUT2D eigenvalue weighted by Crippen LogP contribution is -2.03. The highest BCUT2D eigenvalue weighted by Crippen LogP contribution is 2.28. The molecule has 0 radical (unpaired) electrons. The van der Waals surface area contributed by atoms with Crippen LogP contribution in [0, 0.1) is 17.1 Å². The molecule has 0 N–H and O–H groups in total. The summed E-state index contributed by atoms with van der Waals surface area (Å²) >= 11 is 1.20. The van der Waals surface area contributed by atoms with Crippen molar-refractivity contribution >= 4 is 27.4 Å². The van der Waals surface area contributed by atoms with Crippen LogP contribution < -0.4 is 0 Å². The summed E-state index contributed by atoms with van der Waals surface area (Å²) in [5.74, 6) is -0.850. The Morgan fingerprint density at radius 3 is 2.82 bits per heavy atom. The molecule has 3 aromatic rings. The molecule has 0 aliphatic heterocycles. The smallest absolute Gasteiger partial charge is 0.348 e. The Balaban J connectivity index is 1.76.